The molecule has 1 aliphatic rings. The van der Waals surface area contributed by atoms with Crippen LogP contribution in [0.1, 0.15) is 47.9 Å². The molecule has 4 rings (SSSR count). The van der Waals surface area contributed by atoms with E-state index in [4.69, 9.17) is 0 Å². The number of aromatic nitrogens is 1. The molecule has 1 unspecified atom stereocenters. The number of nitrogens with zero attached hydrogens (tertiary/aromatic N) is 2. The molecule has 1 aliphatic carbocycles. The number of nitriles is 1. The lowest BCUT2D eigenvalue weighted by Crippen LogP contribution is -2.04. The molecule has 2 aromatic carbocycles. The van der Waals surface area contributed by atoms with Crippen LogP contribution in [0.25, 0.3) is 23.3 Å². The summed E-state index contributed by atoms with van der Waals surface area (Å²) in [6.45, 7) is 4.00. The van der Waals surface area contributed by atoms with E-state index in [-0.39, 0.29) is 0 Å². The van der Waals surface area contributed by atoms with Crippen molar-refractivity contribution in [2.75, 3.05) is 0 Å². The van der Waals surface area contributed by atoms with Gasteiger partial charge in [-0.25, -0.2) is 0 Å². The number of rotatable bonds is 1. The SMILES string of the molecule is CC.N#Cc1cccc2c1C=Cc1ncc(-c3ccccc3)cc1C2O. The molecule has 3 nitrogen and oxygen atoms in total. The van der Waals surface area contributed by atoms with Crippen LogP contribution in [0.5, 0.6) is 0 Å². The third-order valence-corrected chi connectivity index (χ3v) is 4.31. The summed E-state index contributed by atoms with van der Waals surface area (Å²) in [6, 6.07) is 19.5. The molecule has 3 aromatic rings. The summed E-state index contributed by atoms with van der Waals surface area (Å²) in [4.78, 5) is 4.51. The molecular formula is C23H20N2O. The van der Waals surface area contributed by atoms with Gasteiger partial charge in [-0.15, -0.1) is 0 Å². The van der Waals surface area contributed by atoms with Crippen LogP contribution in [0.4, 0.5) is 0 Å². The minimum atomic E-state index is -0.811. The first kappa shape index (κ1) is 17.6. The van der Waals surface area contributed by atoms with Crippen LogP contribution in [-0.4, -0.2) is 10.1 Å². The van der Waals surface area contributed by atoms with Gasteiger partial charge >= 0.3 is 0 Å². The van der Waals surface area contributed by atoms with E-state index in [9.17, 15) is 10.4 Å². The van der Waals surface area contributed by atoms with E-state index < -0.39 is 6.10 Å². The summed E-state index contributed by atoms with van der Waals surface area (Å²) in [6.07, 6.45) is 4.72. The maximum absolute atomic E-state index is 10.9. The summed E-state index contributed by atoms with van der Waals surface area (Å²) in [5, 5.41) is 20.2. The zero-order valence-electron chi connectivity index (χ0n) is 14.8. The Labute approximate surface area is 153 Å². The van der Waals surface area contributed by atoms with Crippen molar-refractivity contribution >= 4 is 12.2 Å². The molecule has 0 aliphatic heterocycles. The molecule has 1 atom stereocenters. The van der Waals surface area contributed by atoms with Crippen LogP contribution in [0, 0.1) is 11.3 Å². The standard InChI is InChI=1S/C21H14N2O.C2H6/c22-12-15-7-4-8-18-17(15)9-10-20-19(21(18)24)11-16(13-23-20)14-5-2-1-3-6-14;1-2/h1-11,13,21,24H;1-2H3. The Morgan fingerprint density at radius 3 is 2.42 bits per heavy atom. The molecule has 0 spiro atoms. The number of hydrogen-bond donors (Lipinski definition) is 1. The van der Waals surface area contributed by atoms with E-state index in [0.29, 0.717) is 5.56 Å². The van der Waals surface area contributed by atoms with E-state index in [1.165, 1.54) is 0 Å². The molecule has 0 saturated heterocycles. The normalized spacial score (nSPS) is 14.2. The predicted molar refractivity (Wildman–Crippen MR) is 105 cm³/mol. The highest BCUT2D eigenvalue weighted by Crippen LogP contribution is 2.35. The third kappa shape index (κ3) is 3.15. The average Bonchev–Trinajstić information content (AvgIpc) is 2.87. The van der Waals surface area contributed by atoms with E-state index in [0.717, 1.165) is 33.5 Å². The van der Waals surface area contributed by atoms with Crippen LogP contribution in [0.15, 0.2) is 60.8 Å². The Kier molecular flexibility index (Phi) is 5.26. The minimum Gasteiger partial charge on any atom is -0.384 e. The Balaban J connectivity index is 0.000000948. The van der Waals surface area contributed by atoms with Crippen LogP contribution < -0.4 is 0 Å². The summed E-state index contributed by atoms with van der Waals surface area (Å²) < 4.78 is 0. The quantitative estimate of drug-likeness (QED) is 0.661. The Hall–Kier alpha value is -3.22. The monoisotopic (exact) mass is 340 g/mol. The summed E-state index contributed by atoms with van der Waals surface area (Å²) in [7, 11) is 0. The van der Waals surface area contributed by atoms with Crippen LogP contribution in [-0.2, 0) is 0 Å². The van der Waals surface area contributed by atoms with Gasteiger partial charge in [-0.3, -0.25) is 4.98 Å². The lowest BCUT2D eigenvalue weighted by molar-refractivity contribution is 0.219. The van der Waals surface area contributed by atoms with E-state index in [2.05, 4.69) is 11.1 Å². The molecule has 1 aromatic heterocycles. The van der Waals surface area contributed by atoms with Crippen molar-refractivity contribution in [3.63, 3.8) is 0 Å². The number of benzene rings is 2. The second-order valence-corrected chi connectivity index (χ2v) is 5.72. The molecule has 0 bridgehead atoms. The molecule has 1 N–H and O–H groups in total. The molecule has 1 heterocycles. The molecule has 128 valence electrons. The van der Waals surface area contributed by atoms with Crippen molar-refractivity contribution in [1.82, 2.24) is 4.98 Å². The van der Waals surface area contributed by atoms with Crippen molar-refractivity contribution in [2.45, 2.75) is 20.0 Å². The summed E-state index contributed by atoms with van der Waals surface area (Å²) in [5.74, 6) is 0. The first-order chi connectivity index (χ1) is 12.8. The lowest BCUT2D eigenvalue weighted by atomic mass is 9.94. The second-order valence-electron chi connectivity index (χ2n) is 5.72. The lowest BCUT2D eigenvalue weighted by Gasteiger charge is -2.15. The largest absolute Gasteiger partial charge is 0.384 e. The zero-order valence-corrected chi connectivity index (χ0v) is 14.8. The van der Waals surface area contributed by atoms with Crippen molar-refractivity contribution in [1.29, 1.82) is 5.26 Å². The number of pyridine rings is 1. The van der Waals surface area contributed by atoms with E-state index in [1.807, 2.05) is 74.7 Å². The average molecular weight is 340 g/mol. The molecule has 0 saturated carbocycles. The van der Waals surface area contributed by atoms with Gasteiger partial charge in [-0.05, 0) is 34.9 Å². The summed E-state index contributed by atoms with van der Waals surface area (Å²) >= 11 is 0. The van der Waals surface area contributed by atoms with Crippen LogP contribution in [0.2, 0.25) is 0 Å². The first-order valence-corrected chi connectivity index (χ1v) is 8.72. The van der Waals surface area contributed by atoms with Gasteiger partial charge in [0.05, 0.1) is 17.3 Å². The molecule has 26 heavy (non-hydrogen) atoms. The molecular weight excluding hydrogens is 320 g/mol. The van der Waals surface area contributed by atoms with Gasteiger partial charge in [-0.2, -0.15) is 5.26 Å². The maximum Gasteiger partial charge on any atom is 0.107 e. The van der Waals surface area contributed by atoms with Gasteiger partial charge in [-0.1, -0.05) is 62.4 Å². The van der Waals surface area contributed by atoms with Crippen molar-refractivity contribution in [3.05, 3.63) is 88.7 Å². The Bertz CT molecular complexity index is 985. The van der Waals surface area contributed by atoms with Gasteiger partial charge < -0.3 is 5.11 Å². The Morgan fingerprint density at radius 1 is 0.923 bits per heavy atom. The first-order valence-electron chi connectivity index (χ1n) is 8.72. The zero-order chi connectivity index (χ0) is 18.5. The molecule has 3 heteroatoms. The van der Waals surface area contributed by atoms with Gasteiger partial charge in [0, 0.05) is 17.3 Å². The van der Waals surface area contributed by atoms with Gasteiger partial charge in [0.25, 0.3) is 0 Å². The number of aliphatic hydroxyl groups excluding tert-OH is 1. The van der Waals surface area contributed by atoms with E-state index >= 15 is 0 Å². The van der Waals surface area contributed by atoms with Gasteiger partial charge in [0.2, 0.25) is 0 Å². The van der Waals surface area contributed by atoms with Gasteiger partial charge in [0.1, 0.15) is 6.10 Å². The smallest absolute Gasteiger partial charge is 0.107 e. The second kappa shape index (κ2) is 7.77. The highest BCUT2D eigenvalue weighted by atomic mass is 16.3. The Morgan fingerprint density at radius 2 is 1.69 bits per heavy atom. The molecule has 0 fully saturated rings. The maximum atomic E-state index is 10.9. The predicted octanol–water partition coefficient (Wildman–Crippen LogP) is 5.21. The molecule has 0 amide bonds. The van der Waals surface area contributed by atoms with Crippen LogP contribution >= 0.6 is 0 Å². The fraction of sp³-hybridized carbons (Fsp3) is 0.130. The highest BCUT2D eigenvalue weighted by molar-refractivity contribution is 5.78. The van der Waals surface area contributed by atoms with E-state index in [1.54, 1.807) is 12.1 Å². The fourth-order valence-corrected chi connectivity index (χ4v) is 3.07. The number of fused-ring (bicyclic) bond motifs is 2. The highest BCUT2D eigenvalue weighted by Gasteiger charge is 2.22. The fourth-order valence-electron chi connectivity index (χ4n) is 3.07. The summed E-state index contributed by atoms with van der Waals surface area (Å²) in [5.41, 5.74) is 5.53. The van der Waals surface area contributed by atoms with Crippen molar-refractivity contribution in [3.8, 4) is 17.2 Å². The van der Waals surface area contributed by atoms with Crippen LogP contribution in [0.3, 0.4) is 0 Å². The van der Waals surface area contributed by atoms with Crippen molar-refractivity contribution in [2.24, 2.45) is 0 Å². The topological polar surface area (TPSA) is 56.9 Å². The van der Waals surface area contributed by atoms with Crippen molar-refractivity contribution < 1.29 is 5.11 Å². The minimum absolute atomic E-state index is 0.555. The third-order valence-electron chi connectivity index (χ3n) is 4.31. The molecule has 0 radical (unpaired) electrons. The number of aliphatic hydroxyl groups is 1. The van der Waals surface area contributed by atoms with Gasteiger partial charge in [0.15, 0.2) is 0 Å². The number of hydrogen-bond acceptors (Lipinski definition) is 3.